The van der Waals surface area contributed by atoms with Crippen molar-refractivity contribution in [2.24, 2.45) is 0 Å². The number of nitrogens with one attached hydrogen (secondary N) is 1. The van der Waals surface area contributed by atoms with Gasteiger partial charge in [-0.15, -0.1) is 5.10 Å². The van der Waals surface area contributed by atoms with Crippen molar-refractivity contribution < 1.29 is 0 Å². The Hall–Kier alpha value is -1.49. The van der Waals surface area contributed by atoms with E-state index in [-0.39, 0.29) is 0 Å². The lowest BCUT2D eigenvalue weighted by atomic mass is 10.2. The van der Waals surface area contributed by atoms with E-state index in [1.807, 2.05) is 32.0 Å². The Morgan fingerprint density at radius 2 is 2.13 bits per heavy atom. The molecule has 5 heteroatoms. The third kappa shape index (κ3) is 2.12. The molecule has 1 aromatic heterocycles. The van der Waals surface area contributed by atoms with Gasteiger partial charge in [0.15, 0.2) is 0 Å². The van der Waals surface area contributed by atoms with E-state index in [1.165, 1.54) is 11.8 Å². The molecule has 0 bridgehead atoms. The molecule has 1 aromatic carbocycles. The van der Waals surface area contributed by atoms with Crippen molar-refractivity contribution >= 4 is 17.4 Å². The maximum atomic E-state index is 5.89. The number of hydrogen-bond donors (Lipinski definition) is 2. The van der Waals surface area contributed by atoms with Gasteiger partial charge in [0.25, 0.3) is 0 Å². The van der Waals surface area contributed by atoms with Crippen LogP contribution in [0.5, 0.6) is 0 Å². The lowest BCUT2D eigenvalue weighted by Crippen LogP contribution is -1.91. The molecule has 0 atom stereocenters. The number of anilines is 1. The predicted octanol–water partition coefficient (Wildman–Crippen LogP) is 2.15. The van der Waals surface area contributed by atoms with Gasteiger partial charge in [-0.3, -0.25) is 5.10 Å². The van der Waals surface area contributed by atoms with Crippen molar-refractivity contribution in [1.82, 2.24) is 15.2 Å². The number of rotatable bonds is 2. The highest BCUT2D eigenvalue weighted by molar-refractivity contribution is 7.99. The van der Waals surface area contributed by atoms with Gasteiger partial charge in [0.05, 0.1) is 0 Å². The molecule has 0 aliphatic carbocycles. The molecular formula is C10H12N4S. The third-order valence-electron chi connectivity index (χ3n) is 2.01. The summed E-state index contributed by atoms with van der Waals surface area (Å²) >= 11 is 1.48. The minimum absolute atomic E-state index is 0.702. The molecule has 4 nitrogen and oxygen atoms in total. The smallest absolute Gasteiger partial charge is 0.213 e. The summed E-state index contributed by atoms with van der Waals surface area (Å²) in [5.41, 5.74) is 7.80. The van der Waals surface area contributed by atoms with Crippen LogP contribution < -0.4 is 5.73 Å². The van der Waals surface area contributed by atoms with Crippen LogP contribution in [-0.4, -0.2) is 15.2 Å². The van der Waals surface area contributed by atoms with Gasteiger partial charge in [-0.05, 0) is 37.2 Å². The van der Waals surface area contributed by atoms with Gasteiger partial charge >= 0.3 is 0 Å². The molecule has 3 N–H and O–H groups in total. The molecule has 0 saturated carbocycles. The fourth-order valence-electron chi connectivity index (χ4n) is 1.27. The SMILES string of the molecule is Cc1nc(Sc2c(C)cccc2N)n[nH]1. The summed E-state index contributed by atoms with van der Waals surface area (Å²) < 4.78 is 0. The lowest BCUT2D eigenvalue weighted by molar-refractivity contribution is 0.969. The Bertz CT molecular complexity index is 458. The second-order valence-corrected chi connectivity index (χ2v) is 4.28. The van der Waals surface area contributed by atoms with E-state index in [0.717, 1.165) is 22.0 Å². The molecule has 78 valence electrons. The maximum Gasteiger partial charge on any atom is 0.213 e. The van der Waals surface area contributed by atoms with Crippen molar-refractivity contribution in [3.8, 4) is 0 Å². The molecule has 0 aliphatic heterocycles. The maximum absolute atomic E-state index is 5.89. The quantitative estimate of drug-likeness (QED) is 0.761. The Labute approximate surface area is 92.3 Å². The molecule has 0 saturated heterocycles. The minimum Gasteiger partial charge on any atom is -0.398 e. The number of nitrogens with zero attached hydrogens (tertiary/aromatic N) is 2. The first-order chi connectivity index (χ1) is 7.16. The number of nitrogen functional groups attached to an aromatic ring is 1. The summed E-state index contributed by atoms with van der Waals surface area (Å²) in [7, 11) is 0. The van der Waals surface area contributed by atoms with E-state index in [0.29, 0.717) is 5.16 Å². The van der Waals surface area contributed by atoms with Crippen LogP contribution in [-0.2, 0) is 0 Å². The van der Waals surface area contributed by atoms with Crippen molar-refractivity contribution in [2.45, 2.75) is 23.9 Å². The van der Waals surface area contributed by atoms with Crippen LogP contribution >= 0.6 is 11.8 Å². The minimum atomic E-state index is 0.702. The Morgan fingerprint density at radius 3 is 2.73 bits per heavy atom. The van der Waals surface area contributed by atoms with Crippen LogP contribution in [0.2, 0.25) is 0 Å². The van der Waals surface area contributed by atoms with Gasteiger partial charge in [0, 0.05) is 10.6 Å². The third-order valence-corrected chi connectivity index (χ3v) is 3.14. The number of benzene rings is 1. The van der Waals surface area contributed by atoms with Gasteiger partial charge in [-0.1, -0.05) is 12.1 Å². The van der Waals surface area contributed by atoms with Crippen LogP contribution in [0.1, 0.15) is 11.4 Å². The summed E-state index contributed by atoms with van der Waals surface area (Å²) in [6.07, 6.45) is 0. The first kappa shape index (κ1) is 10.0. The number of hydrogen-bond acceptors (Lipinski definition) is 4. The predicted molar refractivity (Wildman–Crippen MR) is 60.8 cm³/mol. The molecule has 0 radical (unpaired) electrons. The number of nitrogens with two attached hydrogens (primary N) is 1. The second-order valence-electron chi connectivity index (χ2n) is 3.30. The highest BCUT2D eigenvalue weighted by atomic mass is 32.2. The summed E-state index contributed by atoms with van der Waals surface area (Å²) in [5.74, 6) is 0.810. The average molecular weight is 220 g/mol. The van der Waals surface area contributed by atoms with E-state index < -0.39 is 0 Å². The van der Waals surface area contributed by atoms with Crippen LogP contribution in [0.3, 0.4) is 0 Å². The zero-order chi connectivity index (χ0) is 10.8. The van der Waals surface area contributed by atoms with Gasteiger partial charge in [-0.25, -0.2) is 4.98 Å². The van der Waals surface area contributed by atoms with Crippen LogP contribution in [0.4, 0.5) is 5.69 Å². The summed E-state index contributed by atoms with van der Waals surface area (Å²) in [4.78, 5) is 5.25. The monoisotopic (exact) mass is 220 g/mol. The largest absolute Gasteiger partial charge is 0.398 e. The van der Waals surface area contributed by atoms with E-state index in [2.05, 4.69) is 15.2 Å². The summed E-state index contributed by atoms with van der Waals surface area (Å²) in [6.45, 7) is 3.90. The first-order valence-electron chi connectivity index (χ1n) is 4.59. The van der Waals surface area contributed by atoms with E-state index in [1.54, 1.807) is 0 Å². The molecule has 2 rings (SSSR count). The van der Waals surface area contributed by atoms with Gasteiger partial charge < -0.3 is 5.73 Å². The Morgan fingerprint density at radius 1 is 1.33 bits per heavy atom. The molecule has 0 unspecified atom stereocenters. The Balaban J connectivity index is 2.31. The van der Waals surface area contributed by atoms with Crippen LogP contribution in [0.25, 0.3) is 0 Å². The highest BCUT2D eigenvalue weighted by Crippen LogP contribution is 2.32. The molecule has 2 aromatic rings. The van der Waals surface area contributed by atoms with Crippen molar-refractivity contribution in [3.63, 3.8) is 0 Å². The number of aromatic amines is 1. The number of H-pyrrole nitrogens is 1. The van der Waals surface area contributed by atoms with E-state index >= 15 is 0 Å². The van der Waals surface area contributed by atoms with Crippen molar-refractivity contribution in [2.75, 3.05) is 5.73 Å². The van der Waals surface area contributed by atoms with Crippen LogP contribution in [0, 0.1) is 13.8 Å². The second kappa shape index (κ2) is 3.94. The summed E-state index contributed by atoms with van der Waals surface area (Å²) in [5, 5.41) is 7.57. The molecule has 0 aliphatic rings. The van der Waals surface area contributed by atoms with E-state index in [4.69, 9.17) is 5.73 Å². The lowest BCUT2D eigenvalue weighted by Gasteiger charge is -2.05. The normalized spacial score (nSPS) is 10.5. The van der Waals surface area contributed by atoms with Crippen molar-refractivity contribution in [3.05, 3.63) is 29.6 Å². The Kier molecular flexibility index (Phi) is 2.64. The average Bonchev–Trinajstić information content (AvgIpc) is 2.58. The van der Waals surface area contributed by atoms with Crippen molar-refractivity contribution in [1.29, 1.82) is 0 Å². The topological polar surface area (TPSA) is 67.6 Å². The summed E-state index contributed by atoms with van der Waals surface area (Å²) in [6, 6.07) is 5.85. The van der Waals surface area contributed by atoms with Crippen LogP contribution in [0.15, 0.2) is 28.3 Å². The number of aromatic nitrogens is 3. The molecule has 1 heterocycles. The number of aryl methyl sites for hydroxylation is 2. The van der Waals surface area contributed by atoms with Gasteiger partial charge in [-0.2, -0.15) is 0 Å². The fourth-order valence-corrected chi connectivity index (χ4v) is 2.15. The molecule has 15 heavy (non-hydrogen) atoms. The highest BCUT2D eigenvalue weighted by Gasteiger charge is 2.08. The van der Waals surface area contributed by atoms with Gasteiger partial charge in [0.1, 0.15) is 5.82 Å². The molecule has 0 amide bonds. The standard InChI is InChI=1S/C10H12N4S/c1-6-4-3-5-8(11)9(6)15-10-12-7(2)13-14-10/h3-5H,11H2,1-2H3,(H,12,13,14). The fraction of sp³-hybridized carbons (Fsp3) is 0.200. The first-order valence-corrected chi connectivity index (χ1v) is 5.40. The zero-order valence-corrected chi connectivity index (χ0v) is 9.43. The molecule has 0 spiro atoms. The molecule has 0 fully saturated rings. The molecular weight excluding hydrogens is 208 g/mol. The van der Waals surface area contributed by atoms with Gasteiger partial charge in [0.2, 0.25) is 5.16 Å². The van der Waals surface area contributed by atoms with E-state index in [9.17, 15) is 0 Å². The zero-order valence-electron chi connectivity index (χ0n) is 8.61.